The molecule has 3 aromatic carbocycles. The van der Waals surface area contributed by atoms with Crippen molar-refractivity contribution in [3.8, 4) is 11.4 Å². The number of amides is 1. The Hall–Kier alpha value is -3.97. The summed E-state index contributed by atoms with van der Waals surface area (Å²) in [5.41, 5.74) is 4.56. The molecule has 7 nitrogen and oxygen atoms in total. The SMILES string of the molecule is COc1ccc2c(c1)C(c1ccc(Cl)cc1)=N[C@@H](CC(=O)NCCc1ccccc1)c1nnc(C)n1-2. The summed E-state index contributed by atoms with van der Waals surface area (Å²) in [5.74, 6) is 1.96. The van der Waals surface area contributed by atoms with Crippen LogP contribution in [0.15, 0.2) is 77.8 Å². The molecule has 8 heteroatoms. The highest BCUT2D eigenvalue weighted by Crippen LogP contribution is 2.34. The molecule has 0 radical (unpaired) electrons. The van der Waals surface area contributed by atoms with Crippen LogP contribution in [0.4, 0.5) is 0 Å². The highest BCUT2D eigenvalue weighted by Gasteiger charge is 2.30. The maximum absolute atomic E-state index is 13.0. The van der Waals surface area contributed by atoms with E-state index in [1.807, 2.05) is 72.2 Å². The number of benzene rings is 3. The number of halogens is 1. The summed E-state index contributed by atoms with van der Waals surface area (Å²) < 4.78 is 7.49. The third kappa shape index (κ3) is 4.88. The minimum absolute atomic E-state index is 0.0918. The fourth-order valence-corrected chi connectivity index (χ4v) is 4.54. The summed E-state index contributed by atoms with van der Waals surface area (Å²) in [6.07, 6.45) is 0.909. The molecule has 1 atom stereocenters. The molecule has 0 fully saturated rings. The van der Waals surface area contributed by atoms with E-state index in [0.29, 0.717) is 23.1 Å². The Morgan fingerprint density at radius 3 is 2.58 bits per heavy atom. The van der Waals surface area contributed by atoms with Crippen LogP contribution in [0, 0.1) is 6.92 Å². The van der Waals surface area contributed by atoms with Crippen LogP contribution in [0.5, 0.6) is 5.75 Å². The van der Waals surface area contributed by atoms with E-state index in [0.717, 1.165) is 34.8 Å². The van der Waals surface area contributed by atoms with Gasteiger partial charge < -0.3 is 10.1 Å². The molecule has 1 amide bonds. The normalized spacial score (nSPS) is 14.3. The topological polar surface area (TPSA) is 81.4 Å². The standard InChI is InChI=1S/C28H26ClN5O2/c1-18-32-33-28-24(17-26(35)30-15-14-19-6-4-3-5-7-19)31-27(20-8-10-21(29)11-9-20)23-16-22(36-2)12-13-25(23)34(18)28/h3-13,16,24H,14-15,17H2,1-2H3,(H,30,35)/t24-/m0/s1. The molecular weight excluding hydrogens is 474 g/mol. The summed E-state index contributed by atoms with van der Waals surface area (Å²) in [6, 6.07) is 22.9. The van der Waals surface area contributed by atoms with Crippen molar-refractivity contribution in [3.05, 3.63) is 106 Å². The van der Waals surface area contributed by atoms with Gasteiger partial charge >= 0.3 is 0 Å². The van der Waals surface area contributed by atoms with E-state index in [2.05, 4.69) is 27.6 Å². The molecule has 0 unspecified atom stereocenters. The van der Waals surface area contributed by atoms with E-state index in [1.165, 1.54) is 5.56 Å². The minimum Gasteiger partial charge on any atom is -0.497 e. The molecule has 1 aliphatic rings. The Kier molecular flexibility index (Phi) is 6.82. The van der Waals surface area contributed by atoms with Gasteiger partial charge in [-0.25, -0.2) is 0 Å². The summed E-state index contributed by atoms with van der Waals surface area (Å²) in [5, 5.41) is 12.4. The highest BCUT2D eigenvalue weighted by molar-refractivity contribution is 6.30. The van der Waals surface area contributed by atoms with E-state index < -0.39 is 6.04 Å². The molecule has 36 heavy (non-hydrogen) atoms. The fraction of sp³-hybridized carbons (Fsp3) is 0.214. The quantitative estimate of drug-likeness (QED) is 0.393. The number of methoxy groups -OCH3 is 1. The summed E-state index contributed by atoms with van der Waals surface area (Å²) in [6.45, 7) is 2.45. The van der Waals surface area contributed by atoms with Gasteiger partial charge in [-0.2, -0.15) is 0 Å². The van der Waals surface area contributed by atoms with Crippen molar-refractivity contribution in [1.82, 2.24) is 20.1 Å². The third-order valence-electron chi connectivity index (χ3n) is 6.21. The molecule has 1 N–H and O–H groups in total. The van der Waals surface area contributed by atoms with Gasteiger partial charge in [0.25, 0.3) is 0 Å². The third-order valence-corrected chi connectivity index (χ3v) is 6.46. The molecule has 0 saturated heterocycles. The molecule has 182 valence electrons. The molecule has 0 aliphatic carbocycles. The van der Waals surface area contributed by atoms with Crippen LogP contribution in [-0.4, -0.2) is 40.0 Å². The molecule has 0 saturated carbocycles. The van der Waals surface area contributed by atoms with E-state index >= 15 is 0 Å². The van der Waals surface area contributed by atoms with Crippen LogP contribution < -0.4 is 10.1 Å². The number of ether oxygens (including phenoxy) is 1. The van der Waals surface area contributed by atoms with Gasteiger partial charge in [-0.05, 0) is 49.2 Å². The lowest BCUT2D eigenvalue weighted by Crippen LogP contribution is -2.27. The van der Waals surface area contributed by atoms with Gasteiger partial charge in [0.15, 0.2) is 5.82 Å². The number of aryl methyl sites for hydroxylation is 1. The van der Waals surface area contributed by atoms with Gasteiger partial charge in [0.05, 0.1) is 24.9 Å². The number of hydrogen-bond acceptors (Lipinski definition) is 5. The zero-order valence-corrected chi connectivity index (χ0v) is 20.9. The van der Waals surface area contributed by atoms with Crippen LogP contribution >= 0.6 is 11.6 Å². The molecule has 5 rings (SSSR count). The first-order chi connectivity index (χ1) is 17.5. The number of aromatic nitrogens is 3. The van der Waals surface area contributed by atoms with Crippen LogP contribution in [0.25, 0.3) is 5.69 Å². The molecule has 2 heterocycles. The number of rotatable bonds is 7. The smallest absolute Gasteiger partial charge is 0.222 e. The van der Waals surface area contributed by atoms with Crippen LogP contribution in [-0.2, 0) is 11.2 Å². The maximum Gasteiger partial charge on any atom is 0.222 e. The number of carbonyl (C=O) groups is 1. The predicted molar refractivity (Wildman–Crippen MR) is 140 cm³/mol. The van der Waals surface area contributed by atoms with Gasteiger partial charge in [-0.3, -0.25) is 14.4 Å². The molecule has 0 bridgehead atoms. The van der Waals surface area contributed by atoms with Gasteiger partial charge in [0.2, 0.25) is 5.91 Å². The maximum atomic E-state index is 13.0. The van der Waals surface area contributed by atoms with Gasteiger partial charge in [0, 0.05) is 22.7 Å². The second-order valence-electron chi connectivity index (χ2n) is 8.61. The molecule has 1 aliphatic heterocycles. The van der Waals surface area contributed by atoms with Gasteiger partial charge in [0.1, 0.15) is 17.6 Å². The van der Waals surface area contributed by atoms with Gasteiger partial charge in [-0.15, -0.1) is 10.2 Å². The lowest BCUT2D eigenvalue weighted by molar-refractivity contribution is -0.121. The monoisotopic (exact) mass is 499 g/mol. The number of fused-ring (bicyclic) bond motifs is 3. The van der Waals surface area contributed by atoms with Crippen molar-refractivity contribution < 1.29 is 9.53 Å². The zero-order valence-electron chi connectivity index (χ0n) is 20.1. The van der Waals surface area contributed by atoms with E-state index in [9.17, 15) is 4.79 Å². The number of nitrogens with zero attached hydrogens (tertiary/aromatic N) is 4. The Bertz CT molecular complexity index is 1410. The average Bonchev–Trinajstić information content (AvgIpc) is 3.22. The van der Waals surface area contributed by atoms with Crippen molar-refractivity contribution in [2.24, 2.45) is 4.99 Å². The minimum atomic E-state index is -0.521. The first-order valence-electron chi connectivity index (χ1n) is 11.8. The fourth-order valence-electron chi connectivity index (χ4n) is 4.42. The number of carbonyl (C=O) groups excluding carboxylic acids is 1. The molecule has 1 aromatic heterocycles. The molecule has 4 aromatic rings. The van der Waals surface area contributed by atoms with Crippen molar-refractivity contribution in [2.45, 2.75) is 25.8 Å². The van der Waals surface area contributed by atoms with E-state index in [1.54, 1.807) is 7.11 Å². The van der Waals surface area contributed by atoms with Crippen LogP contribution in [0.2, 0.25) is 5.02 Å². The summed E-state index contributed by atoms with van der Waals surface area (Å²) >= 11 is 6.16. The van der Waals surface area contributed by atoms with Crippen molar-refractivity contribution in [1.29, 1.82) is 0 Å². The number of nitrogens with one attached hydrogen (secondary N) is 1. The highest BCUT2D eigenvalue weighted by atomic mass is 35.5. The summed E-state index contributed by atoms with van der Waals surface area (Å²) in [7, 11) is 1.63. The predicted octanol–water partition coefficient (Wildman–Crippen LogP) is 4.88. The Balaban J connectivity index is 1.51. The number of hydrogen-bond donors (Lipinski definition) is 1. The average molecular weight is 500 g/mol. The van der Waals surface area contributed by atoms with E-state index in [4.69, 9.17) is 21.3 Å². The van der Waals surface area contributed by atoms with E-state index in [-0.39, 0.29) is 12.3 Å². The Labute approximate surface area is 214 Å². The van der Waals surface area contributed by atoms with Crippen molar-refractivity contribution in [3.63, 3.8) is 0 Å². The first-order valence-corrected chi connectivity index (χ1v) is 12.2. The van der Waals surface area contributed by atoms with Crippen molar-refractivity contribution >= 4 is 23.2 Å². The second-order valence-corrected chi connectivity index (χ2v) is 9.05. The summed E-state index contributed by atoms with van der Waals surface area (Å²) in [4.78, 5) is 18.1. The molecule has 0 spiro atoms. The zero-order chi connectivity index (χ0) is 25.1. The molecular formula is C28H26ClN5O2. The van der Waals surface area contributed by atoms with Gasteiger partial charge in [-0.1, -0.05) is 54.1 Å². The van der Waals surface area contributed by atoms with Crippen LogP contribution in [0.1, 0.15) is 40.8 Å². The first kappa shape index (κ1) is 23.8. The van der Waals surface area contributed by atoms with Crippen LogP contribution in [0.3, 0.4) is 0 Å². The largest absolute Gasteiger partial charge is 0.497 e. The lowest BCUT2D eigenvalue weighted by Gasteiger charge is -2.14. The Morgan fingerprint density at radius 1 is 1.06 bits per heavy atom. The lowest BCUT2D eigenvalue weighted by atomic mass is 10.00. The number of aliphatic imine (C=N–C) groups is 1. The Morgan fingerprint density at radius 2 is 1.83 bits per heavy atom. The second kappa shape index (κ2) is 10.3. The van der Waals surface area contributed by atoms with Crippen molar-refractivity contribution in [2.75, 3.05) is 13.7 Å².